The molecule has 0 aliphatic heterocycles. The number of halogens is 2. The van der Waals surface area contributed by atoms with Crippen molar-refractivity contribution in [2.45, 2.75) is 6.61 Å². The average molecular weight is 452 g/mol. The lowest BCUT2D eigenvalue weighted by Crippen LogP contribution is -2.05. The van der Waals surface area contributed by atoms with Crippen LogP contribution in [0.15, 0.2) is 60.8 Å². The zero-order chi connectivity index (χ0) is 21.4. The Morgan fingerprint density at radius 1 is 0.935 bits per heavy atom. The van der Waals surface area contributed by atoms with E-state index in [-0.39, 0.29) is 6.61 Å². The SMILES string of the molecule is COc1ccc2c(OCc3nnc4ccc(-c5cc(Cl)cc(Cl)c5)nn34)ccnc2c1. The molecule has 2 aromatic carbocycles. The molecule has 0 atom stereocenters. The van der Waals surface area contributed by atoms with Gasteiger partial charge in [-0.05, 0) is 48.5 Å². The highest BCUT2D eigenvalue weighted by molar-refractivity contribution is 6.35. The van der Waals surface area contributed by atoms with Crippen molar-refractivity contribution in [3.05, 3.63) is 76.7 Å². The Morgan fingerprint density at radius 3 is 2.58 bits per heavy atom. The van der Waals surface area contributed by atoms with Gasteiger partial charge in [-0.3, -0.25) is 4.98 Å². The van der Waals surface area contributed by atoms with Crippen LogP contribution >= 0.6 is 23.2 Å². The number of nitrogens with zero attached hydrogens (tertiary/aromatic N) is 5. The van der Waals surface area contributed by atoms with Crippen LogP contribution < -0.4 is 9.47 Å². The van der Waals surface area contributed by atoms with E-state index in [9.17, 15) is 0 Å². The van der Waals surface area contributed by atoms with Crippen LogP contribution in [0.5, 0.6) is 11.5 Å². The number of methoxy groups -OCH3 is 1. The van der Waals surface area contributed by atoms with Gasteiger partial charge in [-0.15, -0.1) is 10.2 Å². The second kappa shape index (κ2) is 8.02. The summed E-state index contributed by atoms with van der Waals surface area (Å²) in [4.78, 5) is 4.38. The maximum absolute atomic E-state index is 6.14. The van der Waals surface area contributed by atoms with E-state index in [0.29, 0.717) is 33.0 Å². The van der Waals surface area contributed by atoms with Gasteiger partial charge >= 0.3 is 0 Å². The van der Waals surface area contributed by atoms with E-state index in [4.69, 9.17) is 32.7 Å². The zero-order valence-electron chi connectivity index (χ0n) is 16.3. The lowest BCUT2D eigenvalue weighted by atomic mass is 10.1. The number of hydrogen-bond acceptors (Lipinski definition) is 6. The van der Waals surface area contributed by atoms with E-state index in [1.165, 1.54) is 0 Å². The third kappa shape index (κ3) is 3.85. The lowest BCUT2D eigenvalue weighted by Gasteiger charge is -2.09. The minimum Gasteiger partial charge on any atom is -0.497 e. The minimum atomic E-state index is 0.180. The number of rotatable bonds is 5. The van der Waals surface area contributed by atoms with Gasteiger partial charge < -0.3 is 9.47 Å². The molecule has 9 heteroatoms. The predicted octanol–water partition coefficient (Wildman–Crippen LogP) is 5.23. The summed E-state index contributed by atoms with van der Waals surface area (Å²) in [6.07, 6.45) is 1.69. The Labute approximate surface area is 187 Å². The summed E-state index contributed by atoms with van der Waals surface area (Å²) in [7, 11) is 1.62. The Hall–Kier alpha value is -3.42. The zero-order valence-corrected chi connectivity index (χ0v) is 17.8. The first-order valence-corrected chi connectivity index (χ1v) is 10.1. The van der Waals surface area contributed by atoms with Crippen molar-refractivity contribution in [3.63, 3.8) is 0 Å². The fourth-order valence-corrected chi connectivity index (χ4v) is 3.80. The molecular weight excluding hydrogens is 437 g/mol. The third-order valence-electron chi connectivity index (χ3n) is 4.75. The van der Waals surface area contributed by atoms with Crippen LogP contribution in [0, 0.1) is 0 Å². The number of hydrogen-bond donors (Lipinski definition) is 0. The fraction of sp³-hybridized carbons (Fsp3) is 0.0909. The van der Waals surface area contributed by atoms with Gasteiger partial charge in [-0.2, -0.15) is 9.61 Å². The first-order valence-electron chi connectivity index (χ1n) is 9.34. The Kier molecular flexibility index (Phi) is 5.05. The van der Waals surface area contributed by atoms with Gasteiger partial charge in [0.25, 0.3) is 0 Å². The van der Waals surface area contributed by atoms with Crippen molar-refractivity contribution in [1.29, 1.82) is 0 Å². The second-order valence-corrected chi connectivity index (χ2v) is 7.62. The molecule has 0 aliphatic carbocycles. The molecule has 0 aliphatic rings. The highest BCUT2D eigenvalue weighted by Crippen LogP contribution is 2.28. The topological polar surface area (TPSA) is 74.4 Å². The van der Waals surface area contributed by atoms with Crippen LogP contribution in [-0.4, -0.2) is 31.9 Å². The number of pyridine rings is 1. The molecule has 0 saturated heterocycles. The summed E-state index contributed by atoms with van der Waals surface area (Å²) >= 11 is 12.3. The third-order valence-corrected chi connectivity index (χ3v) is 5.19. The minimum absolute atomic E-state index is 0.180. The molecular formula is C22H15Cl2N5O2. The maximum Gasteiger partial charge on any atom is 0.192 e. The second-order valence-electron chi connectivity index (χ2n) is 6.74. The van der Waals surface area contributed by atoms with Crippen molar-refractivity contribution in [3.8, 4) is 22.8 Å². The molecule has 0 bridgehead atoms. The first-order chi connectivity index (χ1) is 15.1. The first kappa shape index (κ1) is 19.5. The van der Waals surface area contributed by atoms with Crippen LogP contribution in [0.2, 0.25) is 10.0 Å². The maximum atomic E-state index is 6.14. The normalized spacial score (nSPS) is 11.2. The molecule has 3 aromatic heterocycles. The number of benzene rings is 2. The van der Waals surface area contributed by atoms with Crippen molar-refractivity contribution in [2.24, 2.45) is 0 Å². The van der Waals surface area contributed by atoms with Gasteiger partial charge in [-0.25, -0.2) is 0 Å². The summed E-state index contributed by atoms with van der Waals surface area (Å²) in [6.45, 7) is 0.180. The quantitative estimate of drug-likeness (QED) is 0.364. The highest BCUT2D eigenvalue weighted by Gasteiger charge is 2.12. The molecule has 5 aromatic rings. The van der Waals surface area contributed by atoms with Gasteiger partial charge in [-0.1, -0.05) is 23.2 Å². The molecule has 7 nitrogen and oxygen atoms in total. The Balaban J connectivity index is 1.47. The average Bonchev–Trinajstić information content (AvgIpc) is 3.18. The predicted molar refractivity (Wildman–Crippen MR) is 119 cm³/mol. The van der Waals surface area contributed by atoms with Gasteiger partial charge in [0.2, 0.25) is 0 Å². The lowest BCUT2D eigenvalue weighted by molar-refractivity contribution is 0.296. The van der Waals surface area contributed by atoms with Crippen LogP contribution in [0.1, 0.15) is 5.82 Å². The summed E-state index contributed by atoms with van der Waals surface area (Å²) in [5, 5.41) is 15.0. The van der Waals surface area contributed by atoms with E-state index in [2.05, 4.69) is 20.3 Å². The van der Waals surface area contributed by atoms with Crippen molar-refractivity contribution < 1.29 is 9.47 Å². The molecule has 0 fully saturated rings. The molecule has 0 unspecified atom stereocenters. The fourth-order valence-electron chi connectivity index (χ4n) is 3.28. The molecule has 3 heterocycles. The summed E-state index contributed by atoms with van der Waals surface area (Å²) in [5.41, 5.74) is 2.88. The largest absolute Gasteiger partial charge is 0.497 e. The van der Waals surface area contributed by atoms with E-state index < -0.39 is 0 Å². The van der Waals surface area contributed by atoms with E-state index in [1.807, 2.05) is 36.4 Å². The molecule has 0 saturated carbocycles. The van der Waals surface area contributed by atoms with Crippen LogP contribution in [-0.2, 0) is 6.61 Å². The Morgan fingerprint density at radius 2 is 1.77 bits per heavy atom. The van der Waals surface area contributed by atoms with Gasteiger partial charge in [0.15, 0.2) is 11.5 Å². The molecule has 5 rings (SSSR count). The molecule has 31 heavy (non-hydrogen) atoms. The van der Waals surface area contributed by atoms with E-state index in [0.717, 1.165) is 22.2 Å². The van der Waals surface area contributed by atoms with Crippen molar-refractivity contribution in [2.75, 3.05) is 7.11 Å². The van der Waals surface area contributed by atoms with E-state index >= 15 is 0 Å². The summed E-state index contributed by atoms with van der Waals surface area (Å²) in [6, 6.07) is 16.4. The van der Waals surface area contributed by atoms with Gasteiger partial charge in [0, 0.05) is 33.3 Å². The molecule has 0 amide bonds. The van der Waals surface area contributed by atoms with Crippen LogP contribution in [0.4, 0.5) is 0 Å². The highest BCUT2D eigenvalue weighted by atomic mass is 35.5. The molecule has 154 valence electrons. The number of fused-ring (bicyclic) bond motifs is 2. The van der Waals surface area contributed by atoms with Gasteiger partial charge in [0.1, 0.15) is 18.1 Å². The van der Waals surface area contributed by atoms with Crippen molar-refractivity contribution in [1.82, 2.24) is 24.8 Å². The molecule has 0 N–H and O–H groups in total. The summed E-state index contributed by atoms with van der Waals surface area (Å²) < 4.78 is 13.0. The van der Waals surface area contributed by atoms with Crippen LogP contribution in [0.25, 0.3) is 27.8 Å². The number of ether oxygens (including phenoxy) is 2. The number of aromatic nitrogens is 5. The molecule has 0 radical (unpaired) electrons. The van der Waals surface area contributed by atoms with E-state index in [1.54, 1.807) is 36.0 Å². The Bertz CT molecular complexity index is 1400. The van der Waals surface area contributed by atoms with Gasteiger partial charge in [0.05, 0.1) is 18.3 Å². The monoisotopic (exact) mass is 451 g/mol. The smallest absolute Gasteiger partial charge is 0.192 e. The van der Waals surface area contributed by atoms with Crippen LogP contribution in [0.3, 0.4) is 0 Å². The summed E-state index contributed by atoms with van der Waals surface area (Å²) in [5.74, 6) is 1.98. The molecule has 0 spiro atoms. The standard InChI is InChI=1S/C22H15Cl2N5O2/c1-30-16-2-3-17-19(11-16)25-7-6-20(17)31-12-22-27-26-21-5-4-18(28-29(21)22)13-8-14(23)10-15(24)9-13/h2-11H,12H2,1H3. The van der Waals surface area contributed by atoms with Crippen molar-refractivity contribution >= 4 is 39.8 Å².